The minimum Gasteiger partial charge on any atom is -0.396 e. The first-order valence-corrected chi connectivity index (χ1v) is 7.77. The first-order valence-electron chi connectivity index (χ1n) is 7.77. The minimum absolute atomic E-state index is 0.275. The van der Waals surface area contributed by atoms with E-state index in [0.29, 0.717) is 12.0 Å². The second-order valence-corrected chi connectivity index (χ2v) is 5.47. The van der Waals surface area contributed by atoms with Gasteiger partial charge in [-0.05, 0) is 37.4 Å². The Morgan fingerprint density at radius 1 is 0.857 bits per heavy atom. The van der Waals surface area contributed by atoms with Crippen LogP contribution < -0.4 is 5.32 Å². The summed E-state index contributed by atoms with van der Waals surface area (Å²) >= 11 is 0. The number of unbranched alkanes of at least 4 members (excludes halogenated alkanes) is 1. The molecule has 0 aliphatic rings. The summed E-state index contributed by atoms with van der Waals surface area (Å²) in [6.45, 7) is 3.46. The van der Waals surface area contributed by atoms with Crippen LogP contribution in [0.4, 0.5) is 0 Å². The van der Waals surface area contributed by atoms with Gasteiger partial charge in [0.2, 0.25) is 0 Å². The van der Waals surface area contributed by atoms with Gasteiger partial charge in [0.25, 0.3) is 0 Å². The maximum Gasteiger partial charge on any atom is 0.0431 e. The zero-order chi connectivity index (χ0) is 14.9. The quantitative estimate of drug-likeness (QED) is 0.726. The molecule has 0 heterocycles. The molecule has 2 heteroatoms. The van der Waals surface area contributed by atoms with E-state index in [4.69, 9.17) is 5.11 Å². The van der Waals surface area contributed by atoms with E-state index in [1.165, 1.54) is 11.1 Å². The van der Waals surface area contributed by atoms with E-state index >= 15 is 0 Å². The average Bonchev–Trinajstić information content (AvgIpc) is 2.54. The molecule has 0 fully saturated rings. The third-order valence-corrected chi connectivity index (χ3v) is 3.87. The molecule has 2 rings (SSSR count). The second-order valence-electron chi connectivity index (χ2n) is 5.47. The Balaban J connectivity index is 2.13. The van der Waals surface area contributed by atoms with Crippen LogP contribution in [-0.4, -0.2) is 24.3 Å². The molecular weight excluding hydrogens is 258 g/mol. The molecule has 2 aromatic rings. The lowest BCUT2D eigenvalue weighted by atomic mass is 9.86. The van der Waals surface area contributed by atoms with E-state index in [2.05, 4.69) is 72.9 Å². The number of hydrogen-bond acceptors (Lipinski definition) is 2. The highest BCUT2D eigenvalue weighted by atomic mass is 16.2. The monoisotopic (exact) mass is 283 g/mol. The molecule has 0 aliphatic heterocycles. The molecule has 2 aromatic carbocycles. The van der Waals surface area contributed by atoms with Gasteiger partial charge in [0, 0.05) is 18.6 Å². The largest absolute Gasteiger partial charge is 0.396 e. The number of aliphatic hydroxyl groups excluding tert-OH is 1. The number of aliphatic hydroxyl groups is 1. The van der Waals surface area contributed by atoms with Crippen LogP contribution in [0.1, 0.15) is 36.8 Å². The molecule has 0 amide bonds. The normalized spacial score (nSPS) is 12.5. The summed E-state index contributed by atoms with van der Waals surface area (Å²) < 4.78 is 0. The van der Waals surface area contributed by atoms with Crippen LogP contribution in [0.15, 0.2) is 60.7 Å². The zero-order valence-electron chi connectivity index (χ0n) is 12.7. The van der Waals surface area contributed by atoms with Crippen molar-refractivity contribution in [1.82, 2.24) is 5.32 Å². The van der Waals surface area contributed by atoms with Crippen molar-refractivity contribution in [3.8, 4) is 0 Å². The Bertz CT molecular complexity index is 458. The van der Waals surface area contributed by atoms with E-state index in [1.54, 1.807) is 0 Å². The number of rotatable bonds is 8. The number of benzene rings is 2. The third-order valence-electron chi connectivity index (χ3n) is 3.87. The molecule has 0 bridgehead atoms. The smallest absolute Gasteiger partial charge is 0.0431 e. The van der Waals surface area contributed by atoms with Crippen LogP contribution in [0.2, 0.25) is 0 Å². The molecule has 0 saturated heterocycles. The number of nitrogens with one attached hydrogen (secondary N) is 1. The van der Waals surface area contributed by atoms with Gasteiger partial charge in [-0.3, -0.25) is 0 Å². The Hall–Kier alpha value is -1.64. The summed E-state index contributed by atoms with van der Waals surface area (Å²) in [6.07, 6.45) is 1.87. The van der Waals surface area contributed by atoms with Crippen molar-refractivity contribution >= 4 is 0 Å². The predicted octanol–water partition coefficient (Wildman–Crippen LogP) is 3.57. The van der Waals surface area contributed by atoms with Crippen LogP contribution in [0.3, 0.4) is 0 Å². The molecule has 2 nitrogen and oxygen atoms in total. The Labute approximate surface area is 127 Å². The van der Waals surface area contributed by atoms with E-state index in [1.807, 2.05) is 0 Å². The average molecular weight is 283 g/mol. The lowest BCUT2D eigenvalue weighted by Crippen LogP contribution is -2.33. The summed E-state index contributed by atoms with van der Waals surface area (Å²) in [7, 11) is 0. The van der Waals surface area contributed by atoms with Crippen LogP contribution in [0.25, 0.3) is 0 Å². The molecule has 21 heavy (non-hydrogen) atoms. The van der Waals surface area contributed by atoms with Crippen molar-refractivity contribution in [3.05, 3.63) is 71.8 Å². The lowest BCUT2D eigenvalue weighted by molar-refractivity contribution is 0.282. The standard InChI is InChI=1S/C19H25NO/c1-16(20-14-8-9-15-21)19(17-10-4-2-5-11-17)18-12-6-3-7-13-18/h2-7,10-13,16,19-21H,8-9,14-15H2,1H3. The highest BCUT2D eigenvalue weighted by molar-refractivity contribution is 5.34. The molecular formula is C19H25NO. The second kappa shape index (κ2) is 8.60. The summed E-state index contributed by atoms with van der Waals surface area (Å²) in [6, 6.07) is 21.7. The van der Waals surface area contributed by atoms with Crippen molar-refractivity contribution in [2.24, 2.45) is 0 Å². The summed E-state index contributed by atoms with van der Waals surface area (Å²) in [5.74, 6) is 0.349. The fraction of sp³-hybridized carbons (Fsp3) is 0.368. The topological polar surface area (TPSA) is 32.3 Å². The van der Waals surface area contributed by atoms with Gasteiger partial charge in [-0.15, -0.1) is 0 Å². The molecule has 0 saturated carbocycles. The predicted molar refractivity (Wildman–Crippen MR) is 88.5 cm³/mol. The number of hydrogen-bond donors (Lipinski definition) is 2. The lowest BCUT2D eigenvalue weighted by Gasteiger charge is -2.26. The first kappa shape index (κ1) is 15.7. The summed E-state index contributed by atoms with van der Waals surface area (Å²) in [4.78, 5) is 0. The molecule has 0 aliphatic carbocycles. The zero-order valence-corrected chi connectivity index (χ0v) is 12.7. The Morgan fingerprint density at radius 3 is 1.86 bits per heavy atom. The Kier molecular flexibility index (Phi) is 6.45. The molecule has 1 unspecified atom stereocenters. The van der Waals surface area contributed by atoms with Gasteiger partial charge in [0.05, 0.1) is 0 Å². The fourth-order valence-corrected chi connectivity index (χ4v) is 2.77. The fourth-order valence-electron chi connectivity index (χ4n) is 2.77. The first-order chi connectivity index (χ1) is 10.3. The maximum absolute atomic E-state index is 8.87. The molecule has 0 aromatic heterocycles. The maximum atomic E-state index is 8.87. The van der Waals surface area contributed by atoms with Gasteiger partial charge in [0.15, 0.2) is 0 Å². The van der Waals surface area contributed by atoms with Gasteiger partial charge >= 0.3 is 0 Å². The van der Waals surface area contributed by atoms with Gasteiger partial charge in [-0.25, -0.2) is 0 Å². The van der Waals surface area contributed by atoms with Crippen molar-refractivity contribution in [3.63, 3.8) is 0 Å². The third kappa shape index (κ3) is 4.69. The highest BCUT2D eigenvalue weighted by Gasteiger charge is 2.20. The molecule has 112 valence electrons. The van der Waals surface area contributed by atoms with Crippen molar-refractivity contribution < 1.29 is 5.11 Å². The molecule has 2 N–H and O–H groups in total. The van der Waals surface area contributed by atoms with Gasteiger partial charge < -0.3 is 10.4 Å². The van der Waals surface area contributed by atoms with Crippen molar-refractivity contribution in [1.29, 1.82) is 0 Å². The van der Waals surface area contributed by atoms with Gasteiger partial charge in [-0.1, -0.05) is 60.7 Å². The molecule has 0 radical (unpaired) electrons. The van der Waals surface area contributed by atoms with E-state index < -0.39 is 0 Å². The highest BCUT2D eigenvalue weighted by Crippen LogP contribution is 2.27. The Morgan fingerprint density at radius 2 is 1.38 bits per heavy atom. The van der Waals surface area contributed by atoms with Crippen LogP contribution in [0.5, 0.6) is 0 Å². The molecule has 1 atom stereocenters. The van der Waals surface area contributed by atoms with Gasteiger partial charge in [-0.2, -0.15) is 0 Å². The van der Waals surface area contributed by atoms with Crippen LogP contribution >= 0.6 is 0 Å². The van der Waals surface area contributed by atoms with Crippen LogP contribution in [0, 0.1) is 0 Å². The van der Waals surface area contributed by atoms with Crippen molar-refractivity contribution in [2.75, 3.05) is 13.2 Å². The summed E-state index contributed by atoms with van der Waals surface area (Å²) in [5, 5.41) is 12.5. The van der Waals surface area contributed by atoms with Gasteiger partial charge in [0.1, 0.15) is 0 Å². The van der Waals surface area contributed by atoms with E-state index in [-0.39, 0.29) is 6.61 Å². The van der Waals surface area contributed by atoms with E-state index in [0.717, 1.165) is 19.4 Å². The molecule has 0 spiro atoms. The SMILES string of the molecule is CC(NCCCCO)C(c1ccccc1)c1ccccc1. The van der Waals surface area contributed by atoms with Crippen molar-refractivity contribution in [2.45, 2.75) is 31.7 Å². The van der Waals surface area contributed by atoms with Crippen LogP contribution in [-0.2, 0) is 0 Å². The summed E-state index contributed by atoms with van der Waals surface area (Å²) in [5.41, 5.74) is 2.68. The van der Waals surface area contributed by atoms with E-state index in [9.17, 15) is 0 Å². The minimum atomic E-state index is 0.275.